The monoisotopic (exact) mass is 273 g/mol. The second-order valence-electron chi connectivity index (χ2n) is 4.16. The molecule has 1 aromatic carbocycles. The number of alkyl halides is 2. The van der Waals surface area contributed by atoms with Gasteiger partial charge in [0.2, 0.25) is 0 Å². The molecule has 1 fully saturated rings. The van der Waals surface area contributed by atoms with E-state index in [0.29, 0.717) is 11.5 Å². The zero-order valence-corrected chi connectivity index (χ0v) is 10.2. The molecule has 19 heavy (non-hydrogen) atoms. The lowest BCUT2D eigenvalue weighted by molar-refractivity contribution is -0.0522. The van der Waals surface area contributed by atoms with Gasteiger partial charge in [0.05, 0.1) is 6.54 Å². The molecule has 2 rings (SSSR count). The summed E-state index contributed by atoms with van der Waals surface area (Å²) in [7, 11) is 0. The van der Waals surface area contributed by atoms with Gasteiger partial charge in [0.1, 0.15) is 0 Å². The van der Waals surface area contributed by atoms with Crippen molar-refractivity contribution in [3.05, 3.63) is 29.6 Å². The molecule has 0 amide bonds. The summed E-state index contributed by atoms with van der Waals surface area (Å²) >= 11 is 0. The number of rotatable bonds is 4. The van der Waals surface area contributed by atoms with E-state index in [1.807, 2.05) is 4.90 Å². The van der Waals surface area contributed by atoms with Crippen molar-refractivity contribution in [1.29, 1.82) is 0 Å². The fourth-order valence-electron chi connectivity index (χ4n) is 1.65. The van der Waals surface area contributed by atoms with Crippen LogP contribution in [0.1, 0.15) is 12.0 Å². The maximum atomic E-state index is 13.4. The molecule has 0 radical (unpaired) electrons. The van der Waals surface area contributed by atoms with Crippen molar-refractivity contribution in [2.45, 2.75) is 19.6 Å². The molecular weight excluding hydrogens is 259 g/mol. The quantitative estimate of drug-likeness (QED) is 0.674. The Morgan fingerprint density at radius 1 is 1.42 bits per heavy atom. The zero-order chi connectivity index (χ0) is 13.8. The SMILES string of the molecule is NC(=NCc1ccc(OC(F)F)c(F)c1)N1CCC1. The summed E-state index contributed by atoms with van der Waals surface area (Å²) in [5.41, 5.74) is 6.26. The number of benzene rings is 1. The number of hydrogen-bond donors (Lipinski definition) is 1. The van der Waals surface area contributed by atoms with E-state index in [9.17, 15) is 13.2 Å². The molecular formula is C12H14F3N3O. The van der Waals surface area contributed by atoms with Crippen LogP contribution in [-0.4, -0.2) is 30.6 Å². The van der Waals surface area contributed by atoms with Crippen molar-refractivity contribution < 1.29 is 17.9 Å². The minimum atomic E-state index is -3.04. The number of halogens is 3. The van der Waals surface area contributed by atoms with E-state index in [1.165, 1.54) is 6.07 Å². The Hall–Kier alpha value is -1.92. The lowest BCUT2D eigenvalue weighted by Gasteiger charge is -2.31. The Kier molecular flexibility index (Phi) is 4.13. The number of likely N-dealkylation sites (tertiary alicyclic amines) is 1. The smallest absolute Gasteiger partial charge is 0.387 e. The molecule has 0 aromatic heterocycles. The molecule has 4 nitrogen and oxygen atoms in total. The Labute approximate surface area is 108 Å². The maximum absolute atomic E-state index is 13.4. The van der Waals surface area contributed by atoms with E-state index in [-0.39, 0.29) is 6.54 Å². The Morgan fingerprint density at radius 2 is 2.16 bits per heavy atom. The van der Waals surface area contributed by atoms with E-state index in [2.05, 4.69) is 9.73 Å². The predicted molar refractivity (Wildman–Crippen MR) is 64.5 cm³/mol. The number of aliphatic imine (C=N–C) groups is 1. The summed E-state index contributed by atoms with van der Waals surface area (Å²) in [6, 6.07) is 3.75. The lowest BCUT2D eigenvalue weighted by atomic mass is 10.2. The Balaban J connectivity index is 1.99. The van der Waals surface area contributed by atoms with Gasteiger partial charge in [0, 0.05) is 13.1 Å². The first-order chi connectivity index (χ1) is 9.06. The number of guanidine groups is 1. The first kappa shape index (κ1) is 13.5. The molecule has 1 aliphatic heterocycles. The molecule has 0 spiro atoms. The molecule has 0 atom stereocenters. The van der Waals surface area contributed by atoms with Crippen LogP contribution >= 0.6 is 0 Å². The third-order valence-electron chi connectivity index (χ3n) is 2.82. The van der Waals surface area contributed by atoms with Gasteiger partial charge in [-0.1, -0.05) is 6.07 Å². The van der Waals surface area contributed by atoms with Gasteiger partial charge in [-0.2, -0.15) is 8.78 Å². The second-order valence-corrected chi connectivity index (χ2v) is 4.16. The van der Waals surface area contributed by atoms with Gasteiger partial charge in [-0.3, -0.25) is 0 Å². The molecule has 1 aliphatic rings. The third-order valence-corrected chi connectivity index (χ3v) is 2.82. The maximum Gasteiger partial charge on any atom is 0.387 e. The third kappa shape index (κ3) is 3.52. The highest BCUT2D eigenvalue weighted by molar-refractivity contribution is 5.78. The summed E-state index contributed by atoms with van der Waals surface area (Å²) in [5, 5.41) is 0. The molecule has 7 heteroatoms. The summed E-state index contributed by atoms with van der Waals surface area (Å²) in [6.45, 7) is -1.08. The van der Waals surface area contributed by atoms with E-state index in [4.69, 9.17) is 5.73 Å². The van der Waals surface area contributed by atoms with Crippen molar-refractivity contribution in [1.82, 2.24) is 4.90 Å². The van der Waals surface area contributed by atoms with Gasteiger partial charge < -0.3 is 15.4 Å². The summed E-state index contributed by atoms with van der Waals surface area (Å²) in [6.07, 6.45) is 1.09. The fourth-order valence-corrected chi connectivity index (χ4v) is 1.65. The molecule has 1 aromatic rings. The highest BCUT2D eigenvalue weighted by Crippen LogP contribution is 2.20. The number of ether oxygens (including phenoxy) is 1. The molecule has 104 valence electrons. The lowest BCUT2D eigenvalue weighted by Crippen LogP contribution is -2.46. The summed E-state index contributed by atoms with van der Waals surface area (Å²) in [4.78, 5) is 6.02. The van der Waals surface area contributed by atoms with E-state index < -0.39 is 18.2 Å². The Bertz CT molecular complexity index is 475. The fraction of sp³-hybridized carbons (Fsp3) is 0.417. The van der Waals surface area contributed by atoms with Crippen molar-refractivity contribution in [2.75, 3.05) is 13.1 Å². The van der Waals surface area contributed by atoms with Crippen LogP contribution in [0.5, 0.6) is 5.75 Å². The molecule has 1 saturated heterocycles. The van der Waals surface area contributed by atoms with Gasteiger partial charge in [-0.05, 0) is 24.1 Å². The number of nitrogens with zero attached hydrogens (tertiary/aromatic N) is 2. The molecule has 0 bridgehead atoms. The predicted octanol–water partition coefficient (Wildman–Crippen LogP) is 1.95. The first-order valence-electron chi connectivity index (χ1n) is 5.84. The largest absolute Gasteiger partial charge is 0.432 e. The van der Waals surface area contributed by atoms with Gasteiger partial charge >= 0.3 is 6.61 Å². The topological polar surface area (TPSA) is 50.9 Å². The average Bonchev–Trinajstić information content (AvgIpc) is 2.27. The van der Waals surface area contributed by atoms with Crippen molar-refractivity contribution in [3.8, 4) is 5.75 Å². The van der Waals surface area contributed by atoms with E-state index >= 15 is 0 Å². The molecule has 0 unspecified atom stereocenters. The van der Waals surface area contributed by atoms with E-state index in [1.54, 1.807) is 0 Å². The van der Waals surface area contributed by atoms with Crippen LogP contribution in [0.2, 0.25) is 0 Å². The van der Waals surface area contributed by atoms with Crippen LogP contribution in [0.3, 0.4) is 0 Å². The van der Waals surface area contributed by atoms with Gasteiger partial charge in [0.15, 0.2) is 17.5 Å². The summed E-state index contributed by atoms with van der Waals surface area (Å²) < 4.78 is 41.3. The van der Waals surface area contributed by atoms with Crippen LogP contribution in [0, 0.1) is 5.82 Å². The average molecular weight is 273 g/mol. The van der Waals surface area contributed by atoms with Crippen molar-refractivity contribution >= 4 is 5.96 Å². The van der Waals surface area contributed by atoms with Gasteiger partial charge in [-0.25, -0.2) is 9.38 Å². The summed E-state index contributed by atoms with van der Waals surface area (Å²) in [5.74, 6) is -0.895. The van der Waals surface area contributed by atoms with Crippen LogP contribution in [-0.2, 0) is 6.54 Å². The minimum Gasteiger partial charge on any atom is -0.432 e. The van der Waals surface area contributed by atoms with Crippen molar-refractivity contribution in [2.24, 2.45) is 10.7 Å². The molecule has 0 aliphatic carbocycles. The highest BCUT2D eigenvalue weighted by Gasteiger charge is 2.15. The molecule has 0 saturated carbocycles. The minimum absolute atomic E-state index is 0.203. The Morgan fingerprint density at radius 3 is 2.68 bits per heavy atom. The second kappa shape index (κ2) is 5.81. The molecule has 1 heterocycles. The van der Waals surface area contributed by atoms with Crippen LogP contribution in [0.25, 0.3) is 0 Å². The van der Waals surface area contributed by atoms with Gasteiger partial charge in [-0.15, -0.1) is 0 Å². The normalized spacial score (nSPS) is 15.6. The van der Waals surface area contributed by atoms with Crippen molar-refractivity contribution in [3.63, 3.8) is 0 Å². The number of hydrogen-bond acceptors (Lipinski definition) is 2. The van der Waals surface area contributed by atoms with Crippen LogP contribution < -0.4 is 10.5 Å². The number of nitrogens with two attached hydrogens (primary N) is 1. The van der Waals surface area contributed by atoms with Gasteiger partial charge in [0.25, 0.3) is 0 Å². The first-order valence-corrected chi connectivity index (χ1v) is 5.84. The van der Waals surface area contributed by atoms with E-state index in [0.717, 1.165) is 31.6 Å². The van der Waals surface area contributed by atoms with Crippen LogP contribution in [0.4, 0.5) is 13.2 Å². The highest BCUT2D eigenvalue weighted by atomic mass is 19.3. The standard InChI is InChI=1S/C12H14F3N3O/c13-9-6-8(2-3-10(9)19-11(14)15)7-17-12(16)18-4-1-5-18/h2-3,6,11H,1,4-5,7H2,(H2,16,17). The zero-order valence-electron chi connectivity index (χ0n) is 10.2. The molecule has 2 N–H and O–H groups in total. The van der Waals surface area contributed by atoms with Crippen LogP contribution in [0.15, 0.2) is 23.2 Å².